The summed E-state index contributed by atoms with van der Waals surface area (Å²) in [6.07, 6.45) is 0. The van der Waals surface area contributed by atoms with Crippen LogP contribution >= 0.6 is 0 Å². The van der Waals surface area contributed by atoms with Crippen molar-refractivity contribution in [3.05, 3.63) is 116 Å². The molecule has 0 spiro atoms. The van der Waals surface area contributed by atoms with Crippen LogP contribution in [0.3, 0.4) is 0 Å². The molecule has 0 radical (unpaired) electrons. The number of rotatable bonds is 7. The van der Waals surface area contributed by atoms with Crippen LogP contribution in [0, 0.1) is 31.9 Å². The molecule has 12 heteroatoms. The molecule has 0 saturated carbocycles. The lowest BCUT2D eigenvalue weighted by Gasteiger charge is -2.41. The van der Waals surface area contributed by atoms with Gasteiger partial charge in [0.1, 0.15) is 17.3 Å². The molecule has 10 nitrogen and oxygen atoms in total. The van der Waals surface area contributed by atoms with E-state index < -0.39 is 39.2 Å². The molecule has 0 aromatic heterocycles. The number of esters is 1. The Labute approximate surface area is 209 Å². The van der Waals surface area contributed by atoms with E-state index in [9.17, 15) is 33.8 Å². The number of nitro benzene ring substituents is 1. The largest absolute Gasteiger partial charge is 0.464 e. The van der Waals surface area contributed by atoms with E-state index >= 15 is 0 Å². The molecule has 0 fully saturated rings. The maximum absolute atomic E-state index is 14.2. The first kappa shape index (κ1) is 25.2. The van der Waals surface area contributed by atoms with Gasteiger partial charge in [0.2, 0.25) is 6.04 Å². The monoisotopic (exact) mass is 510 g/mol. The van der Waals surface area contributed by atoms with Crippen LogP contribution in [-0.4, -0.2) is 35.1 Å². The van der Waals surface area contributed by atoms with Crippen LogP contribution in [0.15, 0.2) is 78.5 Å². The zero-order valence-corrected chi connectivity index (χ0v) is 19.4. The first-order valence-electron chi connectivity index (χ1n) is 11.1. The number of non-ortho nitro benzene ring substituents is 1. The topological polar surface area (TPSA) is 119 Å². The standard InChI is InChI=1S/C25H20F2N4O6/c1-2-37-25(32)24-23(31(35)36)22(16-6-10-20(11-7-16)30(33)34)28(19-12-8-17(26)9-13-19)15-29(24)21-5-3-4-18(27)14-21/h3-14,24H,2,15H2,1H3. The number of carbonyl (C=O) groups excluding carboxylic acids is 1. The number of hydrogen-bond donors (Lipinski definition) is 0. The minimum absolute atomic E-state index is 0.0442. The summed E-state index contributed by atoms with van der Waals surface area (Å²) in [5, 5.41) is 23.7. The predicted molar refractivity (Wildman–Crippen MR) is 130 cm³/mol. The predicted octanol–water partition coefficient (Wildman–Crippen LogP) is 4.73. The second-order valence-electron chi connectivity index (χ2n) is 7.95. The molecule has 190 valence electrons. The molecule has 3 aromatic rings. The van der Waals surface area contributed by atoms with Crippen LogP contribution < -0.4 is 9.80 Å². The number of nitrogens with zero attached hydrogens (tertiary/aromatic N) is 4. The van der Waals surface area contributed by atoms with Crippen molar-refractivity contribution < 1.29 is 28.2 Å². The number of carbonyl (C=O) groups is 1. The molecule has 3 aromatic carbocycles. The molecule has 1 aliphatic heterocycles. The van der Waals surface area contributed by atoms with E-state index in [1.54, 1.807) is 6.92 Å². The van der Waals surface area contributed by atoms with Gasteiger partial charge in [0.25, 0.3) is 5.69 Å². The molecule has 0 N–H and O–H groups in total. The Balaban J connectivity index is 2.02. The quantitative estimate of drug-likeness (QED) is 0.254. The maximum atomic E-state index is 14.2. The SMILES string of the molecule is CCOC(=O)C1C([N+](=O)[O-])=C(c2ccc([N+](=O)[O-])cc2)N(c2ccc(F)cc2)CN1c1cccc(F)c1. The van der Waals surface area contributed by atoms with Gasteiger partial charge in [-0.1, -0.05) is 6.07 Å². The van der Waals surface area contributed by atoms with Crippen LogP contribution in [0.25, 0.3) is 5.70 Å². The van der Waals surface area contributed by atoms with Crippen LogP contribution in [0.2, 0.25) is 0 Å². The smallest absolute Gasteiger partial charge is 0.340 e. The Morgan fingerprint density at radius 3 is 2.19 bits per heavy atom. The van der Waals surface area contributed by atoms with Gasteiger partial charge < -0.3 is 14.5 Å². The second kappa shape index (κ2) is 10.4. The van der Waals surface area contributed by atoms with E-state index in [1.165, 1.54) is 76.5 Å². The fourth-order valence-corrected chi connectivity index (χ4v) is 4.13. The van der Waals surface area contributed by atoms with Gasteiger partial charge in [0.05, 0.1) is 23.1 Å². The summed E-state index contributed by atoms with van der Waals surface area (Å²) in [6, 6.07) is 13.8. The van der Waals surface area contributed by atoms with Gasteiger partial charge in [-0.3, -0.25) is 20.2 Å². The van der Waals surface area contributed by atoms with Crippen molar-refractivity contribution in [2.24, 2.45) is 0 Å². The lowest BCUT2D eigenvalue weighted by molar-refractivity contribution is -0.428. The summed E-state index contributed by atoms with van der Waals surface area (Å²) in [6.45, 7) is 1.29. The fraction of sp³-hybridized carbons (Fsp3) is 0.160. The van der Waals surface area contributed by atoms with Crippen molar-refractivity contribution in [1.29, 1.82) is 0 Å². The lowest BCUT2D eigenvalue weighted by atomic mass is 9.99. The number of benzene rings is 3. The normalized spacial score (nSPS) is 15.5. The van der Waals surface area contributed by atoms with Gasteiger partial charge in [0, 0.05) is 29.1 Å². The molecule has 37 heavy (non-hydrogen) atoms. The van der Waals surface area contributed by atoms with E-state index in [-0.39, 0.29) is 35.9 Å². The highest BCUT2D eigenvalue weighted by atomic mass is 19.1. The molecule has 0 saturated heterocycles. The average molecular weight is 510 g/mol. The van der Waals surface area contributed by atoms with E-state index in [4.69, 9.17) is 4.74 Å². The summed E-state index contributed by atoms with van der Waals surface area (Å²) < 4.78 is 33.1. The zero-order chi connectivity index (χ0) is 26.7. The fourth-order valence-electron chi connectivity index (χ4n) is 4.13. The van der Waals surface area contributed by atoms with E-state index in [2.05, 4.69) is 0 Å². The van der Waals surface area contributed by atoms with Crippen molar-refractivity contribution in [2.45, 2.75) is 13.0 Å². The summed E-state index contributed by atoms with van der Waals surface area (Å²) in [5.41, 5.74) is -0.163. The van der Waals surface area contributed by atoms with Crippen molar-refractivity contribution in [3.8, 4) is 0 Å². The molecule has 0 amide bonds. The molecule has 0 bridgehead atoms. The molecular weight excluding hydrogens is 490 g/mol. The number of anilines is 2. The van der Waals surface area contributed by atoms with Crippen molar-refractivity contribution in [1.82, 2.24) is 0 Å². The van der Waals surface area contributed by atoms with Gasteiger partial charge in [-0.2, -0.15) is 0 Å². The van der Waals surface area contributed by atoms with E-state index in [1.807, 2.05) is 0 Å². The Morgan fingerprint density at radius 1 is 0.946 bits per heavy atom. The van der Waals surface area contributed by atoms with Crippen LogP contribution in [0.4, 0.5) is 25.8 Å². The number of halogens is 2. The molecular formula is C25H20F2N4O6. The number of ether oxygens (including phenoxy) is 1. The van der Waals surface area contributed by atoms with E-state index in [0.29, 0.717) is 5.69 Å². The first-order chi connectivity index (χ1) is 17.7. The Morgan fingerprint density at radius 2 is 1.62 bits per heavy atom. The zero-order valence-electron chi connectivity index (χ0n) is 19.4. The molecule has 1 atom stereocenters. The van der Waals surface area contributed by atoms with Crippen LogP contribution in [-0.2, 0) is 9.53 Å². The highest BCUT2D eigenvalue weighted by Gasteiger charge is 2.47. The Hall–Kier alpha value is -4.87. The van der Waals surface area contributed by atoms with Crippen molar-refractivity contribution in [2.75, 3.05) is 23.1 Å². The van der Waals surface area contributed by atoms with Gasteiger partial charge >= 0.3 is 11.7 Å². The molecule has 0 aliphatic carbocycles. The summed E-state index contributed by atoms with van der Waals surface area (Å²) in [4.78, 5) is 38.3. The minimum atomic E-state index is -1.58. The Bertz CT molecular complexity index is 1380. The summed E-state index contributed by atoms with van der Waals surface area (Å²) in [7, 11) is 0. The summed E-state index contributed by atoms with van der Waals surface area (Å²) >= 11 is 0. The highest BCUT2D eigenvalue weighted by molar-refractivity contribution is 5.93. The molecule has 1 aliphatic rings. The van der Waals surface area contributed by atoms with E-state index in [0.717, 1.165) is 6.07 Å². The van der Waals surface area contributed by atoms with Crippen LogP contribution in [0.5, 0.6) is 0 Å². The minimum Gasteiger partial charge on any atom is -0.464 e. The third-order valence-electron chi connectivity index (χ3n) is 5.71. The first-order valence-corrected chi connectivity index (χ1v) is 11.1. The second-order valence-corrected chi connectivity index (χ2v) is 7.95. The average Bonchev–Trinajstić information content (AvgIpc) is 2.88. The third-order valence-corrected chi connectivity index (χ3v) is 5.71. The molecule has 4 rings (SSSR count). The number of nitro groups is 2. The van der Waals surface area contributed by atoms with Gasteiger partial charge in [-0.05, 0) is 61.5 Å². The molecule has 1 heterocycles. The number of hydrogen-bond acceptors (Lipinski definition) is 8. The van der Waals surface area contributed by atoms with Crippen molar-refractivity contribution in [3.63, 3.8) is 0 Å². The summed E-state index contributed by atoms with van der Waals surface area (Å²) in [5.74, 6) is -2.10. The molecule has 1 unspecified atom stereocenters. The highest BCUT2D eigenvalue weighted by Crippen LogP contribution is 2.39. The van der Waals surface area contributed by atoms with Crippen molar-refractivity contribution >= 4 is 28.7 Å². The maximum Gasteiger partial charge on any atom is 0.340 e. The lowest BCUT2D eigenvalue weighted by Crippen LogP contribution is -2.55. The van der Waals surface area contributed by atoms with Crippen LogP contribution in [0.1, 0.15) is 12.5 Å². The van der Waals surface area contributed by atoms with Gasteiger partial charge in [0.15, 0.2) is 0 Å². The van der Waals surface area contributed by atoms with Gasteiger partial charge in [-0.25, -0.2) is 13.6 Å². The van der Waals surface area contributed by atoms with Gasteiger partial charge in [-0.15, -0.1) is 0 Å². The third kappa shape index (κ3) is 5.08. The Kier molecular flexibility index (Phi) is 7.09.